The van der Waals surface area contributed by atoms with Gasteiger partial charge in [0.25, 0.3) is 0 Å². The van der Waals surface area contributed by atoms with Crippen molar-refractivity contribution in [1.82, 2.24) is 9.97 Å². The van der Waals surface area contributed by atoms with E-state index in [-0.39, 0.29) is 0 Å². The highest BCUT2D eigenvalue weighted by molar-refractivity contribution is 7.99. The summed E-state index contributed by atoms with van der Waals surface area (Å²) in [4.78, 5) is 8.50. The van der Waals surface area contributed by atoms with Gasteiger partial charge in [0.1, 0.15) is 11.6 Å². The fourth-order valence-electron chi connectivity index (χ4n) is 2.47. The van der Waals surface area contributed by atoms with Crippen LogP contribution in [0.1, 0.15) is 29.2 Å². The molecule has 0 bridgehead atoms. The second-order valence-corrected chi connectivity index (χ2v) is 5.87. The van der Waals surface area contributed by atoms with Crippen LogP contribution in [0.15, 0.2) is 35.5 Å². The van der Waals surface area contributed by atoms with E-state index in [2.05, 4.69) is 34.2 Å². The Bertz CT molecular complexity index is 579. The van der Waals surface area contributed by atoms with Gasteiger partial charge >= 0.3 is 0 Å². The number of anilines is 2. The zero-order chi connectivity index (χ0) is 13.2. The van der Waals surface area contributed by atoms with Crippen molar-refractivity contribution in [2.24, 2.45) is 0 Å². The molecule has 0 aliphatic heterocycles. The number of thioether (sulfide) groups is 1. The minimum absolute atomic E-state index is 0.395. The number of aromatic nitrogens is 2. The normalized spacial score (nSPS) is 18.0. The molecule has 1 atom stereocenters. The van der Waals surface area contributed by atoms with E-state index in [4.69, 9.17) is 11.5 Å². The van der Waals surface area contributed by atoms with Gasteiger partial charge in [0, 0.05) is 11.3 Å². The zero-order valence-electron chi connectivity index (χ0n) is 10.5. The van der Waals surface area contributed by atoms with Gasteiger partial charge in [0.2, 0.25) is 0 Å². The highest BCUT2D eigenvalue weighted by Crippen LogP contribution is 2.42. The molecule has 1 heterocycles. The van der Waals surface area contributed by atoms with Crippen LogP contribution in [0.2, 0.25) is 0 Å². The Hall–Kier alpha value is -1.75. The van der Waals surface area contributed by atoms with E-state index >= 15 is 0 Å². The molecule has 0 saturated carbocycles. The van der Waals surface area contributed by atoms with Gasteiger partial charge in [-0.1, -0.05) is 36.0 Å². The molecule has 19 heavy (non-hydrogen) atoms. The Labute approximate surface area is 116 Å². The minimum Gasteiger partial charge on any atom is -0.383 e. The maximum Gasteiger partial charge on any atom is 0.192 e. The summed E-state index contributed by atoms with van der Waals surface area (Å²) in [6.45, 7) is 0. The summed E-state index contributed by atoms with van der Waals surface area (Å²) < 4.78 is 0. The maximum atomic E-state index is 5.71. The summed E-state index contributed by atoms with van der Waals surface area (Å²) in [6, 6.07) is 10.2. The minimum atomic E-state index is 0.395. The van der Waals surface area contributed by atoms with Crippen molar-refractivity contribution in [3.63, 3.8) is 0 Å². The summed E-state index contributed by atoms with van der Waals surface area (Å²) in [5, 5.41) is 1.06. The standard InChI is InChI=1S/C14H16N4S/c15-12-8-13(16)18-14(17-12)19-11-7-3-5-9-4-1-2-6-10(9)11/h1-2,4,6,8,11H,3,5,7H2,(H4,15,16,17,18). The third-order valence-electron chi connectivity index (χ3n) is 3.31. The number of hydrogen-bond acceptors (Lipinski definition) is 5. The lowest BCUT2D eigenvalue weighted by Crippen LogP contribution is -2.08. The van der Waals surface area contributed by atoms with Crippen LogP contribution in [0.3, 0.4) is 0 Å². The first-order valence-corrected chi connectivity index (χ1v) is 7.25. The highest BCUT2D eigenvalue weighted by Gasteiger charge is 2.21. The molecule has 4 N–H and O–H groups in total. The number of benzene rings is 1. The van der Waals surface area contributed by atoms with Crippen LogP contribution in [0.4, 0.5) is 11.6 Å². The van der Waals surface area contributed by atoms with E-state index in [1.165, 1.54) is 17.5 Å². The van der Waals surface area contributed by atoms with E-state index in [0.29, 0.717) is 22.0 Å². The van der Waals surface area contributed by atoms with Crippen LogP contribution < -0.4 is 11.5 Å². The van der Waals surface area contributed by atoms with Crippen LogP contribution >= 0.6 is 11.8 Å². The molecule has 3 rings (SSSR count). The fourth-order valence-corrected chi connectivity index (χ4v) is 3.69. The number of fused-ring (bicyclic) bond motifs is 1. The maximum absolute atomic E-state index is 5.71. The van der Waals surface area contributed by atoms with Crippen molar-refractivity contribution in [3.05, 3.63) is 41.5 Å². The Morgan fingerprint density at radius 2 is 1.84 bits per heavy atom. The Kier molecular flexibility index (Phi) is 3.29. The average molecular weight is 272 g/mol. The van der Waals surface area contributed by atoms with E-state index in [9.17, 15) is 0 Å². The van der Waals surface area contributed by atoms with E-state index in [0.717, 1.165) is 12.8 Å². The van der Waals surface area contributed by atoms with Gasteiger partial charge < -0.3 is 11.5 Å². The van der Waals surface area contributed by atoms with Crippen LogP contribution in [0.25, 0.3) is 0 Å². The molecule has 0 fully saturated rings. The highest BCUT2D eigenvalue weighted by atomic mass is 32.2. The fraction of sp³-hybridized carbons (Fsp3) is 0.286. The van der Waals surface area contributed by atoms with Crippen molar-refractivity contribution in [2.45, 2.75) is 29.7 Å². The van der Waals surface area contributed by atoms with Gasteiger partial charge in [-0.05, 0) is 30.4 Å². The summed E-state index contributed by atoms with van der Waals surface area (Å²) in [6.07, 6.45) is 3.50. The van der Waals surface area contributed by atoms with Gasteiger partial charge in [-0.15, -0.1) is 0 Å². The second-order valence-electron chi connectivity index (χ2n) is 4.70. The molecule has 98 valence electrons. The largest absolute Gasteiger partial charge is 0.383 e. The molecule has 0 radical (unpaired) electrons. The molecule has 0 amide bonds. The SMILES string of the molecule is Nc1cc(N)nc(SC2CCCc3ccccc32)n1. The van der Waals surface area contributed by atoms with Gasteiger partial charge in [0.15, 0.2) is 5.16 Å². The molecule has 1 aromatic heterocycles. The smallest absolute Gasteiger partial charge is 0.192 e. The number of nitrogens with two attached hydrogens (primary N) is 2. The molecule has 1 aromatic carbocycles. The van der Waals surface area contributed by atoms with Crippen molar-refractivity contribution in [2.75, 3.05) is 11.5 Å². The first-order chi connectivity index (χ1) is 9.22. The van der Waals surface area contributed by atoms with Crippen molar-refractivity contribution < 1.29 is 0 Å². The number of rotatable bonds is 2. The quantitative estimate of drug-likeness (QED) is 0.822. The molecular formula is C14H16N4S. The monoisotopic (exact) mass is 272 g/mol. The van der Waals surface area contributed by atoms with Crippen LogP contribution in [-0.4, -0.2) is 9.97 Å². The summed E-state index contributed by atoms with van der Waals surface area (Å²) in [5.74, 6) is 0.859. The van der Waals surface area contributed by atoms with Crippen molar-refractivity contribution in [1.29, 1.82) is 0 Å². The summed E-state index contributed by atoms with van der Waals surface area (Å²) >= 11 is 1.65. The first kappa shape index (κ1) is 12.3. The Morgan fingerprint density at radius 1 is 1.11 bits per heavy atom. The lowest BCUT2D eigenvalue weighted by atomic mass is 9.91. The van der Waals surface area contributed by atoms with E-state index < -0.39 is 0 Å². The van der Waals surface area contributed by atoms with Gasteiger partial charge in [0.05, 0.1) is 0 Å². The molecule has 0 spiro atoms. The van der Waals surface area contributed by atoms with Gasteiger partial charge in [-0.2, -0.15) is 0 Å². The number of hydrogen-bond donors (Lipinski definition) is 2. The molecule has 0 saturated heterocycles. The zero-order valence-corrected chi connectivity index (χ0v) is 11.4. The van der Waals surface area contributed by atoms with Gasteiger partial charge in [-0.3, -0.25) is 0 Å². The number of nitrogens with zero attached hydrogens (tertiary/aromatic N) is 2. The number of nitrogen functional groups attached to an aromatic ring is 2. The molecule has 1 aliphatic rings. The third kappa shape index (κ3) is 2.66. The lowest BCUT2D eigenvalue weighted by molar-refractivity contribution is 0.672. The molecular weight excluding hydrogens is 256 g/mol. The van der Waals surface area contributed by atoms with Crippen LogP contribution in [0.5, 0.6) is 0 Å². The predicted molar refractivity (Wildman–Crippen MR) is 78.8 cm³/mol. The average Bonchev–Trinajstić information content (AvgIpc) is 2.38. The molecule has 1 aliphatic carbocycles. The third-order valence-corrected chi connectivity index (χ3v) is 4.47. The molecule has 5 heteroatoms. The summed E-state index contributed by atoms with van der Waals surface area (Å²) in [5.41, 5.74) is 14.3. The molecule has 4 nitrogen and oxygen atoms in total. The predicted octanol–water partition coefficient (Wildman–Crippen LogP) is 2.81. The van der Waals surface area contributed by atoms with E-state index in [1.54, 1.807) is 17.8 Å². The number of aryl methyl sites for hydroxylation is 1. The second kappa shape index (κ2) is 5.09. The van der Waals surface area contributed by atoms with E-state index in [1.807, 2.05) is 0 Å². The van der Waals surface area contributed by atoms with Gasteiger partial charge in [-0.25, -0.2) is 9.97 Å². The van der Waals surface area contributed by atoms with Crippen molar-refractivity contribution in [3.8, 4) is 0 Å². The molecule has 1 unspecified atom stereocenters. The van der Waals surface area contributed by atoms with Crippen LogP contribution in [-0.2, 0) is 6.42 Å². The topological polar surface area (TPSA) is 77.8 Å². The summed E-state index contributed by atoms with van der Waals surface area (Å²) in [7, 11) is 0. The first-order valence-electron chi connectivity index (χ1n) is 6.37. The Balaban J connectivity index is 1.88. The molecule has 2 aromatic rings. The lowest BCUT2D eigenvalue weighted by Gasteiger charge is -2.24. The Morgan fingerprint density at radius 3 is 2.63 bits per heavy atom. The van der Waals surface area contributed by atoms with Crippen LogP contribution in [0, 0.1) is 0 Å². The van der Waals surface area contributed by atoms with Crippen molar-refractivity contribution >= 4 is 23.4 Å².